The highest BCUT2D eigenvalue weighted by Gasteiger charge is 2.08. The lowest BCUT2D eigenvalue weighted by molar-refractivity contribution is 1.000. The summed E-state index contributed by atoms with van der Waals surface area (Å²) in [6.07, 6.45) is 1.04. The highest BCUT2D eigenvalue weighted by atomic mass is 32.1. The summed E-state index contributed by atoms with van der Waals surface area (Å²) in [6, 6.07) is 2.16. The number of nitrogens with one attached hydrogen (secondary N) is 1. The van der Waals surface area contributed by atoms with Gasteiger partial charge < -0.3 is 11.1 Å². The van der Waals surface area contributed by atoms with Crippen molar-refractivity contribution in [3.8, 4) is 0 Å². The molecule has 0 saturated carbocycles. The van der Waals surface area contributed by atoms with E-state index >= 15 is 0 Å². The van der Waals surface area contributed by atoms with Gasteiger partial charge in [-0.2, -0.15) is 0 Å². The summed E-state index contributed by atoms with van der Waals surface area (Å²) in [5.74, 6) is 1.71. The van der Waals surface area contributed by atoms with Crippen LogP contribution in [-0.2, 0) is 6.42 Å². The molecule has 2 aromatic heterocycles. The molecule has 0 radical (unpaired) electrons. The molecule has 0 aliphatic carbocycles. The molecule has 0 aliphatic heterocycles. The average Bonchev–Trinajstić information content (AvgIpc) is 2.68. The second-order valence-electron chi connectivity index (χ2n) is 3.62. The minimum atomic E-state index is 0.606. The monoisotopic (exact) mass is 236 g/mol. The van der Waals surface area contributed by atoms with Gasteiger partial charge in [0, 0.05) is 18.0 Å². The third kappa shape index (κ3) is 2.15. The van der Waals surface area contributed by atoms with Gasteiger partial charge in [0.15, 0.2) is 0 Å². The number of nitrogens with zero attached hydrogens (tertiary/aromatic N) is 2. The second kappa shape index (κ2) is 4.76. The molecular weight excluding hydrogens is 220 g/mol. The van der Waals surface area contributed by atoms with Crippen LogP contribution in [0.2, 0.25) is 0 Å². The number of hydrogen-bond donors (Lipinski definition) is 2. The molecular formula is C11H16N4S. The Bertz CT molecular complexity index is 492. The molecule has 0 bridgehead atoms. The molecule has 0 amide bonds. The number of hydrogen-bond acceptors (Lipinski definition) is 5. The molecule has 5 heteroatoms. The maximum atomic E-state index is 5.49. The van der Waals surface area contributed by atoms with Crippen molar-refractivity contribution >= 4 is 27.4 Å². The van der Waals surface area contributed by atoms with Gasteiger partial charge in [0.2, 0.25) is 0 Å². The zero-order valence-electron chi connectivity index (χ0n) is 9.58. The summed E-state index contributed by atoms with van der Waals surface area (Å²) in [5, 5.41) is 4.36. The van der Waals surface area contributed by atoms with E-state index in [0.717, 1.165) is 34.8 Å². The van der Waals surface area contributed by atoms with E-state index in [1.54, 1.807) is 11.3 Å². The lowest BCUT2D eigenvalue weighted by Gasteiger charge is -2.05. The van der Waals surface area contributed by atoms with Gasteiger partial charge in [-0.15, -0.1) is 11.3 Å². The van der Waals surface area contributed by atoms with Crippen LogP contribution >= 0.6 is 11.3 Å². The fourth-order valence-electron chi connectivity index (χ4n) is 1.58. The Kier molecular flexibility index (Phi) is 3.36. The van der Waals surface area contributed by atoms with E-state index in [2.05, 4.69) is 28.3 Å². The minimum absolute atomic E-state index is 0.606. The first kappa shape index (κ1) is 11.3. The Morgan fingerprint density at radius 1 is 1.44 bits per heavy atom. The molecule has 86 valence electrons. The SMILES string of the molecule is CCc1cc2c(NCCN)nc(C)nc2s1. The molecule has 3 N–H and O–H groups in total. The Hall–Kier alpha value is -1.20. The number of aryl methyl sites for hydroxylation is 2. The topological polar surface area (TPSA) is 63.8 Å². The Balaban J connectivity index is 2.48. The summed E-state index contributed by atoms with van der Waals surface area (Å²) in [7, 11) is 0. The lowest BCUT2D eigenvalue weighted by atomic mass is 10.3. The van der Waals surface area contributed by atoms with E-state index in [0.29, 0.717) is 6.54 Å². The molecule has 0 saturated heterocycles. The Morgan fingerprint density at radius 2 is 2.25 bits per heavy atom. The van der Waals surface area contributed by atoms with Gasteiger partial charge in [0.1, 0.15) is 16.5 Å². The van der Waals surface area contributed by atoms with E-state index in [9.17, 15) is 0 Å². The average molecular weight is 236 g/mol. The van der Waals surface area contributed by atoms with Crippen LogP contribution in [0.1, 0.15) is 17.6 Å². The Morgan fingerprint density at radius 3 is 2.94 bits per heavy atom. The first-order valence-electron chi connectivity index (χ1n) is 5.45. The third-order valence-corrected chi connectivity index (χ3v) is 3.51. The number of thiophene rings is 1. The molecule has 0 aromatic carbocycles. The fraction of sp³-hybridized carbons (Fsp3) is 0.455. The van der Waals surface area contributed by atoms with E-state index in [1.165, 1.54) is 4.88 Å². The van der Waals surface area contributed by atoms with Crippen molar-refractivity contribution in [2.24, 2.45) is 5.73 Å². The number of nitrogens with two attached hydrogens (primary N) is 1. The molecule has 0 unspecified atom stereocenters. The number of aromatic nitrogens is 2. The van der Waals surface area contributed by atoms with E-state index < -0.39 is 0 Å². The maximum Gasteiger partial charge on any atom is 0.138 e. The van der Waals surface area contributed by atoms with E-state index in [-0.39, 0.29) is 0 Å². The molecule has 2 rings (SSSR count). The summed E-state index contributed by atoms with van der Waals surface area (Å²) < 4.78 is 0. The predicted molar refractivity (Wildman–Crippen MR) is 69.1 cm³/mol. The van der Waals surface area contributed by atoms with Crippen LogP contribution in [-0.4, -0.2) is 23.1 Å². The predicted octanol–water partition coefficient (Wildman–Crippen LogP) is 1.93. The summed E-state index contributed by atoms with van der Waals surface area (Å²) in [4.78, 5) is 11.3. The van der Waals surface area contributed by atoms with Gasteiger partial charge in [0.05, 0.1) is 5.39 Å². The van der Waals surface area contributed by atoms with Gasteiger partial charge in [-0.3, -0.25) is 0 Å². The highest BCUT2D eigenvalue weighted by Crippen LogP contribution is 2.29. The minimum Gasteiger partial charge on any atom is -0.368 e. The smallest absolute Gasteiger partial charge is 0.138 e. The number of anilines is 1. The normalized spacial score (nSPS) is 10.9. The van der Waals surface area contributed by atoms with Crippen molar-refractivity contribution in [2.75, 3.05) is 18.4 Å². The first-order chi connectivity index (χ1) is 7.74. The van der Waals surface area contributed by atoms with E-state index in [1.807, 2.05) is 6.92 Å². The largest absolute Gasteiger partial charge is 0.368 e. The quantitative estimate of drug-likeness (QED) is 0.851. The zero-order valence-corrected chi connectivity index (χ0v) is 10.4. The summed E-state index contributed by atoms with van der Waals surface area (Å²) in [6.45, 7) is 5.41. The fourth-order valence-corrected chi connectivity index (χ4v) is 2.59. The van der Waals surface area contributed by atoms with Crippen molar-refractivity contribution in [3.63, 3.8) is 0 Å². The summed E-state index contributed by atoms with van der Waals surface area (Å²) in [5.41, 5.74) is 5.49. The van der Waals surface area contributed by atoms with Crippen molar-refractivity contribution in [1.29, 1.82) is 0 Å². The van der Waals surface area contributed by atoms with Crippen molar-refractivity contribution in [1.82, 2.24) is 9.97 Å². The molecule has 2 aromatic rings. The number of rotatable bonds is 4. The van der Waals surface area contributed by atoms with Gasteiger partial charge >= 0.3 is 0 Å². The van der Waals surface area contributed by atoms with Gasteiger partial charge in [-0.1, -0.05) is 6.92 Å². The molecule has 0 fully saturated rings. The van der Waals surface area contributed by atoms with Crippen LogP contribution in [0.15, 0.2) is 6.07 Å². The van der Waals surface area contributed by atoms with Gasteiger partial charge in [-0.25, -0.2) is 9.97 Å². The zero-order chi connectivity index (χ0) is 11.5. The standard InChI is InChI=1S/C11H16N4S/c1-3-8-6-9-10(13-5-4-12)14-7(2)15-11(9)16-8/h6H,3-5,12H2,1-2H3,(H,13,14,15). The molecule has 0 spiro atoms. The van der Waals surface area contributed by atoms with Crippen LogP contribution < -0.4 is 11.1 Å². The van der Waals surface area contributed by atoms with Gasteiger partial charge in [-0.05, 0) is 19.4 Å². The molecule has 4 nitrogen and oxygen atoms in total. The summed E-state index contributed by atoms with van der Waals surface area (Å²) >= 11 is 1.74. The van der Waals surface area contributed by atoms with Crippen molar-refractivity contribution in [3.05, 3.63) is 16.8 Å². The Labute approximate surface area is 98.9 Å². The molecule has 2 heterocycles. The number of fused-ring (bicyclic) bond motifs is 1. The lowest BCUT2D eigenvalue weighted by Crippen LogP contribution is -2.14. The highest BCUT2D eigenvalue weighted by molar-refractivity contribution is 7.18. The van der Waals surface area contributed by atoms with Crippen LogP contribution in [0.25, 0.3) is 10.2 Å². The van der Waals surface area contributed by atoms with Crippen molar-refractivity contribution < 1.29 is 0 Å². The first-order valence-corrected chi connectivity index (χ1v) is 6.27. The van der Waals surface area contributed by atoms with Crippen molar-refractivity contribution in [2.45, 2.75) is 20.3 Å². The maximum absolute atomic E-state index is 5.49. The van der Waals surface area contributed by atoms with Crippen LogP contribution in [0, 0.1) is 6.92 Å². The van der Waals surface area contributed by atoms with Crippen LogP contribution in [0.3, 0.4) is 0 Å². The molecule has 16 heavy (non-hydrogen) atoms. The molecule has 0 atom stereocenters. The second-order valence-corrected chi connectivity index (χ2v) is 4.74. The van der Waals surface area contributed by atoms with Crippen LogP contribution in [0.4, 0.5) is 5.82 Å². The van der Waals surface area contributed by atoms with E-state index in [4.69, 9.17) is 5.73 Å². The molecule has 0 aliphatic rings. The van der Waals surface area contributed by atoms with Crippen LogP contribution in [0.5, 0.6) is 0 Å². The third-order valence-electron chi connectivity index (χ3n) is 2.34. The van der Waals surface area contributed by atoms with Gasteiger partial charge in [0.25, 0.3) is 0 Å².